The number of benzene rings is 3. The predicted octanol–water partition coefficient (Wildman–Crippen LogP) is 6.54. The van der Waals surface area contributed by atoms with Gasteiger partial charge in [0, 0.05) is 28.6 Å². The average Bonchev–Trinajstić information content (AvgIpc) is 3.21. The van der Waals surface area contributed by atoms with Crippen LogP contribution in [0.1, 0.15) is 36.9 Å². The van der Waals surface area contributed by atoms with Crippen molar-refractivity contribution in [1.29, 1.82) is 0 Å². The van der Waals surface area contributed by atoms with Gasteiger partial charge in [-0.25, -0.2) is 4.98 Å². The zero-order chi connectivity index (χ0) is 24.9. The number of nitrogens with one attached hydrogen (secondary N) is 1. The molecule has 3 aromatic carbocycles. The average molecular weight is 561 g/mol. The number of hydrogen-bond donors (Lipinski definition) is 1. The van der Waals surface area contributed by atoms with Crippen LogP contribution in [0.15, 0.2) is 88.5 Å². The molecule has 0 radical (unpaired) electrons. The zero-order valence-corrected chi connectivity index (χ0v) is 22.3. The van der Waals surface area contributed by atoms with E-state index >= 15 is 0 Å². The third-order valence-corrected chi connectivity index (χ3v) is 7.52. The molecule has 1 unspecified atom stereocenters. The summed E-state index contributed by atoms with van der Waals surface area (Å²) in [4.78, 5) is 17.3. The van der Waals surface area contributed by atoms with Gasteiger partial charge in [-0.2, -0.15) is 0 Å². The summed E-state index contributed by atoms with van der Waals surface area (Å²) in [5.74, 6) is 0.795. The van der Waals surface area contributed by atoms with Gasteiger partial charge in [0.25, 0.3) is 0 Å². The maximum absolute atomic E-state index is 12.4. The molecule has 0 bridgehead atoms. The van der Waals surface area contributed by atoms with Crippen LogP contribution in [-0.2, 0) is 11.3 Å². The molecule has 5 rings (SSSR count). The van der Waals surface area contributed by atoms with Crippen molar-refractivity contribution in [3.05, 3.63) is 94.5 Å². The summed E-state index contributed by atoms with van der Waals surface area (Å²) in [6, 6.07) is 26.5. The van der Waals surface area contributed by atoms with E-state index in [1.165, 1.54) is 17.3 Å². The molecule has 36 heavy (non-hydrogen) atoms. The van der Waals surface area contributed by atoms with Gasteiger partial charge in [0.05, 0.1) is 11.6 Å². The molecule has 182 valence electrons. The van der Waals surface area contributed by atoms with Crippen molar-refractivity contribution in [2.24, 2.45) is 0 Å². The number of fused-ring (bicyclic) bond motifs is 3. The van der Waals surface area contributed by atoms with Gasteiger partial charge >= 0.3 is 0 Å². The van der Waals surface area contributed by atoms with Crippen LogP contribution in [0.25, 0.3) is 22.1 Å². The van der Waals surface area contributed by atoms with Crippen molar-refractivity contribution in [2.75, 3.05) is 5.75 Å². The van der Waals surface area contributed by atoms with Crippen LogP contribution in [0.3, 0.4) is 0 Å². The number of aromatic nitrogens is 4. The van der Waals surface area contributed by atoms with Crippen LogP contribution in [0.5, 0.6) is 0 Å². The minimum atomic E-state index is -0.00561. The van der Waals surface area contributed by atoms with E-state index in [-0.39, 0.29) is 11.9 Å². The first-order valence-corrected chi connectivity index (χ1v) is 13.7. The summed E-state index contributed by atoms with van der Waals surface area (Å²) in [6.45, 7) is 2.70. The van der Waals surface area contributed by atoms with Crippen LogP contribution in [0.2, 0.25) is 0 Å². The lowest BCUT2D eigenvalue weighted by atomic mass is 10.1. The van der Waals surface area contributed by atoms with Crippen molar-refractivity contribution in [1.82, 2.24) is 25.1 Å². The van der Waals surface area contributed by atoms with E-state index in [1.54, 1.807) is 0 Å². The van der Waals surface area contributed by atoms with E-state index in [0.29, 0.717) is 18.1 Å². The number of rotatable bonds is 9. The minimum Gasteiger partial charge on any atom is -0.350 e. The van der Waals surface area contributed by atoms with E-state index in [0.717, 1.165) is 44.3 Å². The Hall–Kier alpha value is -3.23. The van der Waals surface area contributed by atoms with Crippen LogP contribution < -0.4 is 5.32 Å². The van der Waals surface area contributed by atoms with E-state index in [4.69, 9.17) is 4.98 Å². The van der Waals surface area contributed by atoms with Crippen LogP contribution in [0.4, 0.5) is 0 Å². The summed E-state index contributed by atoms with van der Waals surface area (Å²) in [7, 11) is 0. The molecule has 0 aliphatic carbocycles. The Morgan fingerprint density at radius 3 is 2.56 bits per heavy atom. The number of halogens is 1. The number of carbonyl (C=O) groups excluding carboxylic acids is 1. The van der Waals surface area contributed by atoms with Gasteiger partial charge in [0.15, 0.2) is 5.65 Å². The van der Waals surface area contributed by atoms with Crippen LogP contribution in [0, 0.1) is 0 Å². The maximum Gasteiger partial charge on any atom is 0.220 e. The predicted molar refractivity (Wildman–Crippen MR) is 149 cm³/mol. The van der Waals surface area contributed by atoms with Gasteiger partial charge in [-0.1, -0.05) is 88.4 Å². The number of carbonyl (C=O) groups is 1. The number of amides is 1. The van der Waals surface area contributed by atoms with Crippen molar-refractivity contribution in [3.63, 3.8) is 0 Å². The Morgan fingerprint density at radius 2 is 1.75 bits per heavy atom. The van der Waals surface area contributed by atoms with Crippen LogP contribution in [-0.4, -0.2) is 31.4 Å². The van der Waals surface area contributed by atoms with Gasteiger partial charge < -0.3 is 9.88 Å². The molecule has 1 N–H and O–H groups in total. The van der Waals surface area contributed by atoms with Gasteiger partial charge in [-0.15, -0.1) is 10.2 Å². The smallest absolute Gasteiger partial charge is 0.220 e. The Bertz CT molecular complexity index is 1490. The molecule has 0 aliphatic rings. The van der Waals surface area contributed by atoms with E-state index in [9.17, 15) is 4.79 Å². The first-order valence-electron chi connectivity index (χ1n) is 11.9. The second-order valence-electron chi connectivity index (χ2n) is 8.65. The minimum absolute atomic E-state index is 0.00561. The number of thioether (sulfide) groups is 1. The van der Waals surface area contributed by atoms with Crippen LogP contribution >= 0.6 is 27.7 Å². The largest absolute Gasteiger partial charge is 0.350 e. The highest BCUT2D eigenvalue weighted by atomic mass is 79.9. The Labute approximate surface area is 222 Å². The SMILES string of the molecule is CC(NC(=O)CCCSc1nnc2c3ccccc3n(Cc3ccc(Br)cc3)c2n1)c1ccccc1. The van der Waals surface area contributed by atoms with Gasteiger partial charge in [0.2, 0.25) is 11.1 Å². The first kappa shape index (κ1) is 24.5. The molecule has 2 aromatic heterocycles. The molecule has 0 fully saturated rings. The fraction of sp³-hybridized carbons (Fsp3) is 0.214. The first-order chi connectivity index (χ1) is 17.6. The standard InChI is InChI=1S/C28H26BrN5OS/c1-19(21-8-3-2-4-9-21)30-25(35)12-7-17-36-28-31-27-26(32-33-28)23-10-5-6-11-24(23)34(27)18-20-13-15-22(29)16-14-20/h2-6,8-11,13-16,19H,7,12,17-18H2,1H3,(H,30,35). The summed E-state index contributed by atoms with van der Waals surface area (Å²) >= 11 is 5.04. The van der Waals surface area contributed by atoms with Crippen molar-refractivity contribution in [3.8, 4) is 0 Å². The molecule has 2 heterocycles. The molecule has 0 saturated heterocycles. The number of nitrogens with zero attached hydrogens (tertiary/aromatic N) is 4. The quantitative estimate of drug-likeness (QED) is 0.164. The highest BCUT2D eigenvalue weighted by Gasteiger charge is 2.15. The maximum atomic E-state index is 12.4. The third-order valence-electron chi connectivity index (χ3n) is 6.06. The molecule has 0 saturated carbocycles. The fourth-order valence-corrected chi connectivity index (χ4v) is 5.20. The second kappa shape index (κ2) is 11.2. The summed E-state index contributed by atoms with van der Waals surface area (Å²) in [5, 5.41) is 13.6. The lowest BCUT2D eigenvalue weighted by Crippen LogP contribution is -2.26. The number of para-hydroxylation sites is 1. The Balaban J connectivity index is 1.26. The monoisotopic (exact) mass is 559 g/mol. The molecule has 6 nitrogen and oxygen atoms in total. The highest BCUT2D eigenvalue weighted by Crippen LogP contribution is 2.28. The molecule has 5 aromatic rings. The second-order valence-corrected chi connectivity index (χ2v) is 10.6. The van der Waals surface area contributed by atoms with E-state index in [2.05, 4.69) is 72.4 Å². The molecule has 8 heteroatoms. The lowest BCUT2D eigenvalue weighted by molar-refractivity contribution is -0.121. The third kappa shape index (κ3) is 5.60. The van der Waals surface area contributed by atoms with Gasteiger partial charge in [-0.3, -0.25) is 4.79 Å². The van der Waals surface area contributed by atoms with Gasteiger partial charge in [0.1, 0.15) is 5.52 Å². The summed E-state index contributed by atoms with van der Waals surface area (Å²) < 4.78 is 3.25. The van der Waals surface area contributed by atoms with Crippen molar-refractivity contribution in [2.45, 2.75) is 37.5 Å². The highest BCUT2D eigenvalue weighted by molar-refractivity contribution is 9.10. The van der Waals surface area contributed by atoms with Crippen molar-refractivity contribution < 1.29 is 4.79 Å². The van der Waals surface area contributed by atoms with E-state index < -0.39 is 0 Å². The molecule has 0 spiro atoms. The Kier molecular flexibility index (Phi) is 7.63. The fourth-order valence-electron chi connectivity index (χ4n) is 4.22. The summed E-state index contributed by atoms with van der Waals surface area (Å²) in [6.07, 6.45) is 1.20. The number of hydrogen-bond acceptors (Lipinski definition) is 5. The topological polar surface area (TPSA) is 72.7 Å². The lowest BCUT2D eigenvalue weighted by Gasteiger charge is -2.14. The Morgan fingerprint density at radius 1 is 1.00 bits per heavy atom. The normalized spacial score (nSPS) is 12.2. The van der Waals surface area contributed by atoms with E-state index in [1.807, 2.05) is 49.4 Å². The molecule has 1 amide bonds. The molecular weight excluding hydrogens is 534 g/mol. The van der Waals surface area contributed by atoms with Gasteiger partial charge in [-0.05, 0) is 42.7 Å². The summed E-state index contributed by atoms with van der Waals surface area (Å²) in [5.41, 5.74) is 5.01. The molecular formula is C28H26BrN5OS. The molecule has 1 atom stereocenters. The van der Waals surface area contributed by atoms with Crippen molar-refractivity contribution >= 4 is 55.7 Å². The zero-order valence-electron chi connectivity index (χ0n) is 19.9. The molecule has 0 aliphatic heterocycles.